The first-order valence-electron chi connectivity index (χ1n) is 25.8. The molecule has 33 nitrogen and oxygen atoms in total. The summed E-state index contributed by atoms with van der Waals surface area (Å²) in [5.74, 6) is -4.07. The number of rotatable bonds is 36. The Morgan fingerprint density at radius 2 is 0.797 bits per heavy atom. The van der Waals surface area contributed by atoms with Gasteiger partial charge in [0.1, 0.15) is 79.1 Å². The second-order valence-electron chi connectivity index (χ2n) is 18.5. The van der Waals surface area contributed by atoms with Crippen LogP contribution in [-0.4, -0.2) is 290 Å². The number of hydrogen-bond donors (Lipinski definition) is 17. The Labute approximate surface area is 455 Å². The van der Waals surface area contributed by atoms with E-state index in [1.54, 1.807) is 0 Å². The van der Waals surface area contributed by atoms with Crippen LogP contribution in [0.15, 0.2) is 0 Å². The van der Waals surface area contributed by atoms with E-state index in [-0.39, 0.29) is 105 Å². The Bertz CT molecular complexity index is 1870. The van der Waals surface area contributed by atoms with E-state index in [1.807, 2.05) is 0 Å². The van der Waals surface area contributed by atoms with Crippen LogP contribution in [-0.2, 0) is 76.2 Å². The van der Waals surface area contributed by atoms with Crippen LogP contribution in [0, 0.1) is 0 Å². The predicted molar refractivity (Wildman–Crippen MR) is 264 cm³/mol. The molecule has 456 valence electrons. The summed E-state index contributed by atoms with van der Waals surface area (Å²) in [4.78, 5) is 87.0. The Balaban J connectivity index is 1.44. The molecule has 0 aromatic heterocycles. The van der Waals surface area contributed by atoms with Crippen LogP contribution in [0.4, 0.5) is 0 Å². The van der Waals surface area contributed by atoms with E-state index in [0.717, 1.165) is 0 Å². The van der Waals surface area contributed by atoms with Gasteiger partial charge in [-0.05, 0) is 12.8 Å². The molecule has 33 heteroatoms. The van der Waals surface area contributed by atoms with Gasteiger partial charge in [0.25, 0.3) is 0 Å². The third kappa shape index (κ3) is 23.9. The van der Waals surface area contributed by atoms with Crippen molar-refractivity contribution in [2.24, 2.45) is 5.73 Å². The molecule has 0 spiro atoms. The quantitative estimate of drug-likeness (QED) is 0.0259. The van der Waals surface area contributed by atoms with Crippen molar-refractivity contribution in [3.63, 3.8) is 0 Å². The van der Waals surface area contributed by atoms with Gasteiger partial charge < -0.3 is 132 Å². The van der Waals surface area contributed by atoms with Gasteiger partial charge in [-0.25, -0.2) is 0 Å². The topological polar surface area (TPSA) is 495 Å². The van der Waals surface area contributed by atoms with Crippen molar-refractivity contribution in [2.45, 2.75) is 150 Å². The lowest BCUT2D eigenvalue weighted by Gasteiger charge is -2.42. The highest BCUT2D eigenvalue weighted by atomic mass is 16.7. The lowest BCUT2D eigenvalue weighted by molar-refractivity contribution is -0.272. The Morgan fingerprint density at radius 3 is 1.15 bits per heavy atom. The molecule has 15 unspecified atom stereocenters. The normalized spacial score (nSPS) is 29.6. The molecular formula is C46H82N8O25. The van der Waals surface area contributed by atoms with Crippen molar-refractivity contribution in [1.29, 1.82) is 0 Å². The number of aliphatic hydroxyl groups is 9. The van der Waals surface area contributed by atoms with Crippen LogP contribution < -0.4 is 43.0 Å². The number of aliphatic hydroxyl groups excluding tert-OH is 9. The summed E-state index contributed by atoms with van der Waals surface area (Å²) in [7, 11) is 0. The van der Waals surface area contributed by atoms with Crippen molar-refractivity contribution in [2.75, 3.05) is 98.9 Å². The SMILES string of the molecule is CC(=O)NC1C(OCCOCCNC(=O)CC[C@H](NC(=O)CC[C@H](N)C(=O)NCCOCCOC2OC(CO)C(O)C(O)C2NC(C)=O)C(=O)NCCOCCOC2OC(CO)C(O)C(O)C2NC(C)=O)OC(CO)C(O)C1O. The molecule has 3 saturated heterocycles. The van der Waals surface area contributed by atoms with Gasteiger partial charge in [-0.2, -0.15) is 0 Å². The second kappa shape index (κ2) is 36.8. The van der Waals surface area contributed by atoms with Gasteiger partial charge in [-0.1, -0.05) is 0 Å². The summed E-state index contributed by atoms with van der Waals surface area (Å²) in [6.45, 7) is 1.09. The molecule has 3 heterocycles. The minimum absolute atomic E-state index is 0.000901. The maximum absolute atomic E-state index is 13.4. The van der Waals surface area contributed by atoms with E-state index in [2.05, 4.69) is 37.2 Å². The molecule has 0 saturated carbocycles. The number of nitrogens with two attached hydrogens (primary N) is 1. The molecule has 0 aromatic carbocycles. The van der Waals surface area contributed by atoms with Gasteiger partial charge in [0.05, 0.1) is 85.3 Å². The molecule has 7 amide bonds. The van der Waals surface area contributed by atoms with E-state index in [4.69, 9.17) is 48.4 Å². The van der Waals surface area contributed by atoms with Gasteiger partial charge >= 0.3 is 0 Å². The fourth-order valence-electron chi connectivity index (χ4n) is 8.14. The minimum atomic E-state index is -1.52. The summed E-state index contributed by atoms with van der Waals surface area (Å²) in [6, 6.07) is -5.86. The molecule has 0 aliphatic carbocycles. The van der Waals surface area contributed by atoms with Crippen LogP contribution in [0.5, 0.6) is 0 Å². The van der Waals surface area contributed by atoms with E-state index >= 15 is 0 Å². The zero-order valence-corrected chi connectivity index (χ0v) is 44.4. The summed E-state index contributed by atoms with van der Waals surface area (Å²) in [5, 5.41) is 108. The molecule has 17 atom stereocenters. The van der Waals surface area contributed by atoms with Crippen LogP contribution >= 0.6 is 0 Å². The number of amides is 7. The molecule has 3 fully saturated rings. The fraction of sp³-hybridized carbons (Fsp3) is 0.848. The average Bonchev–Trinajstić information content (AvgIpc) is 3.41. The zero-order valence-electron chi connectivity index (χ0n) is 44.4. The highest BCUT2D eigenvalue weighted by Crippen LogP contribution is 2.25. The Morgan fingerprint density at radius 1 is 0.456 bits per heavy atom. The van der Waals surface area contributed by atoms with Crippen LogP contribution in [0.2, 0.25) is 0 Å². The molecular weight excluding hydrogens is 1060 g/mol. The first-order chi connectivity index (χ1) is 37.6. The number of carbonyl (C=O) groups is 7. The Kier molecular flexibility index (Phi) is 32.0. The van der Waals surface area contributed by atoms with Crippen molar-refractivity contribution in [1.82, 2.24) is 37.2 Å². The zero-order chi connectivity index (χ0) is 58.6. The largest absolute Gasteiger partial charge is 0.394 e. The molecule has 3 rings (SSSR count). The smallest absolute Gasteiger partial charge is 0.242 e. The number of nitrogens with one attached hydrogen (secondary N) is 7. The predicted octanol–water partition coefficient (Wildman–Crippen LogP) is -10.4. The van der Waals surface area contributed by atoms with Crippen molar-refractivity contribution < 1.29 is 122 Å². The maximum Gasteiger partial charge on any atom is 0.242 e. The Hall–Kier alpha value is -4.47. The van der Waals surface area contributed by atoms with Gasteiger partial charge in [0.15, 0.2) is 18.9 Å². The number of hydrogen-bond acceptors (Lipinski definition) is 26. The van der Waals surface area contributed by atoms with Crippen molar-refractivity contribution in [3.8, 4) is 0 Å². The summed E-state index contributed by atoms with van der Waals surface area (Å²) >= 11 is 0. The molecule has 3 aliphatic rings. The highest BCUT2D eigenvalue weighted by molar-refractivity contribution is 5.89. The van der Waals surface area contributed by atoms with Crippen LogP contribution in [0.1, 0.15) is 46.5 Å². The molecule has 3 aliphatic heterocycles. The van der Waals surface area contributed by atoms with E-state index in [1.165, 1.54) is 20.8 Å². The molecule has 0 bridgehead atoms. The first kappa shape index (κ1) is 68.8. The fourth-order valence-corrected chi connectivity index (χ4v) is 8.14. The monoisotopic (exact) mass is 1150 g/mol. The first-order valence-corrected chi connectivity index (χ1v) is 25.8. The third-order valence-electron chi connectivity index (χ3n) is 12.3. The lowest BCUT2D eigenvalue weighted by Crippen LogP contribution is -2.64. The van der Waals surface area contributed by atoms with Gasteiger partial charge in [-0.15, -0.1) is 0 Å². The number of ether oxygens (including phenoxy) is 9. The molecule has 0 aromatic rings. The highest BCUT2D eigenvalue weighted by Gasteiger charge is 2.48. The average molecular weight is 1150 g/mol. The summed E-state index contributed by atoms with van der Waals surface area (Å²) in [5.41, 5.74) is 6.03. The van der Waals surface area contributed by atoms with E-state index < -0.39 is 165 Å². The van der Waals surface area contributed by atoms with Gasteiger partial charge in [0.2, 0.25) is 41.4 Å². The maximum atomic E-state index is 13.4. The van der Waals surface area contributed by atoms with Gasteiger partial charge in [-0.3, -0.25) is 33.6 Å². The van der Waals surface area contributed by atoms with E-state index in [0.29, 0.717) is 0 Å². The van der Waals surface area contributed by atoms with Crippen molar-refractivity contribution >= 4 is 41.4 Å². The van der Waals surface area contributed by atoms with E-state index in [9.17, 15) is 79.5 Å². The second-order valence-corrected chi connectivity index (χ2v) is 18.5. The van der Waals surface area contributed by atoms with Crippen LogP contribution in [0.3, 0.4) is 0 Å². The number of carbonyl (C=O) groups excluding carboxylic acids is 7. The minimum Gasteiger partial charge on any atom is -0.394 e. The van der Waals surface area contributed by atoms with Crippen molar-refractivity contribution in [3.05, 3.63) is 0 Å². The lowest BCUT2D eigenvalue weighted by atomic mass is 9.97. The van der Waals surface area contributed by atoms with Crippen LogP contribution in [0.25, 0.3) is 0 Å². The summed E-state index contributed by atoms with van der Waals surface area (Å²) in [6.07, 6.45) is -17.1. The summed E-state index contributed by atoms with van der Waals surface area (Å²) < 4.78 is 49.7. The molecule has 79 heavy (non-hydrogen) atoms. The molecule has 0 radical (unpaired) electrons. The third-order valence-corrected chi connectivity index (χ3v) is 12.3. The molecule has 18 N–H and O–H groups in total. The van der Waals surface area contributed by atoms with Gasteiger partial charge in [0, 0.05) is 53.2 Å². The standard InChI is InChI=1S/C46H82N8O25/c1-23(58)51-33-39(66)36(63)28(20-55)77-44(33)74-17-14-71-11-8-48-31(61)7-5-27(43(70)50-10-13-73-16-19-76-46-35(53-25(3)60)41(68)38(65)30(22-57)79-46)54-32(62)6-4-26(47)42(69)49-9-12-72-15-18-75-45-34(52-24(2)59)40(67)37(64)29(21-56)78-45/h26-30,33-41,44-46,55-57,63-68H,4-22,47H2,1-3H3,(H,48,61)(H,49,69)(H,50,70)(H,51,58)(H,52,59)(H,53,60)(H,54,62)/t26-,27-,28?,29?,30?,33?,34?,35?,36?,37?,38?,39?,40?,41?,44?,45?,46?/m0/s1.